The minimum atomic E-state index is -1.16. The lowest BCUT2D eigenvalue weighted by atomic mass is 10.1. The maximum absolute atomic E-state index is 14.3. The van der Waals surface area contributed by atoms with Gasteiger partial charge in [0.2, 0.25) is 5.75 Å². The molecular weight excluding hydrogens is 424 g/mol. The molecule has 1 aliphatic heterocycles. The van der Waals surface area contributed by atoms with Crippen molar-refractivity contribution < 1.29 is 23.2 Å². The molecule has 3 heterocycles. The van der Waals surface area contributed by atoms with Crippen LogP contribution >= 0.6 is 0 Å². The Labute approximate surface area is 181 Å². The van der Waals surface area contributed by atoms with E-state index in [0.29, 0.717) is 11.3 Å². The molecule has 2 N–H and O–H groups in total. The first-order valence-electron chi connectivity index (χ1n) is 9.93. The number of nitrogens with zero attached hydrogens (tertiary/aromatic N) is 4. The summed E-state index contributed by atoms with van der Waals surface area (Å²) in [5.74, 6) is -1.83. The Bertz CT molecular complexity index is 1160. The quantitative estimate of drug-likeness (QED) is 0.595. The normalized spacial score (nSPS) is 18.7. The highest BCUT2D eigenvalue weighted by Crippen LogP contribution is 2.33. The fourth-order valence-corrected chi connectivity index (χ4v) is 3.75. The van der Waals surface area contributed by atoms with Gasteiger partial charge in [-0.05, 0) is 17.7 Å². The average molecular weight is 445 g/mol. The Balaban J connectivity index is 1.60. The third-order valence-electron chi connectivity index (χ3n) is 5.39. The summed E-state index contributed by atoms with van der Waals surface area (Å²) in [7, 11) is 1.41. The minimum Gasteiger partial charge on any atom is -0.501 e. The Kier molecular flexibility index (Phi) is 5.99. The van der Waals surface area contributed by atoms with E-state index in [9.17, 15) is 23.5 Å². The molecule has 1 saturated heterocycles. The van der Waals surface area contributed by atoms with E-state index in [1.807, 2.05) is 0 Å². The van der Waals surface area contributed by atoms with Gasteiger partial charge in [-0.2, -0.15) is 0 Å². The van der Waals surface area contributed by atoms with E-state index in [0.717, 1.165) is 4.57 Å². The molecule has 2 aromatic heterocycles. The smallest absolute Gasteiger partial charge is 0.296 e. The SMILES string of the molecule is Cn1c([C@@H]2C[C@H](F)CN2Cc2ccon2)nc(C(=O)NCc2ccc(F)cc2)c(O)c1=O. The van der Waals surface area contributed by atoms with E-state index in [1.165, 1.54) is 37.6 Å². The topological polar surface area (TPSA) is 113 Å². The summed E-state index contributed by atoms with van der Waals surface area (Å²) in [5, 5.41) is 16.6. The summed E-state index contributed by atoms with van der Waals surface area (Å²) < 4.78 is 33.3. The van der Waals surface area contributed by atoms with Crippen LogP contribution in [0.25, 0.3) is 0 Å². The predicted molar refractivity (Wildman–Crippen MR) is 108 cm³/mol. The zero-order valence-corrected chi connectivity index (χ0v) is 17.2. The number of nitrogens with one attached hydrogen (secondary N) is 1. The Morgan fingerprint density at radius 3 is 2.75 bits per heavy atom. The van der Waals surface area contributed by atoms with Crippen LogP contribution in [0.4, 0.5) is 8.78 Å². The molecule has 1 aromatic carbocycles. The molecule has 0 saturated carbocycles. The highest BCUT2D eigenvalue weighted by Gasteiger charge is 2.37. The molecule has 4 rings (SSSR count). The third kappa shape index (κ3) is 4.37. The first-order valence-corrected chi connectivity index (χ1v) is 9.93. The summed E-state index contributed by atoms with van der Waals surface area (Å²) in [6.45, 7) is 0.407. The molecular formula is C21H21F2N5O4. The Hall–Kier alpha value is -3.60. The van der Waals surface area contributed by atoms with Crippen LogP contribution in [-0.2, 0) is 20.1 Å². The van der Waals surface area contributed by atoms with Gasteiger partial charge in [-0.15, -0.1) is 0 Å². The van der Waals surface area contributed by atoms with Gasteiger partial charge in [-0.3, -0.25) is 19.1 Å². The lowest BCUT2D eigenvalue weighted by Crippen LogP contribution is -2.34. The summed E-state index contributed by atoms with van der Waals surface area (Å²) in [6, 6.07) is 6.55. The average Bonchev–Trinajstić information content (AvgIpc) is 3.41. The number of aromatic nitrogens is 3. The van der Waals surface area contributed by atoms with Gasteiger partial charge in [0.1, 0.15) is 24.1 Å². The zero-order chi connectivity index (χ0) is 22.8. The van der Waals surface area contributed by atoms with Crippen molar-refractivity contribution in [3.8, 4) is 5.75 Å². The Morgan fingerprint density at radius 1 is 1.31 bits per heavy atom. The van der Waals surface area contributed by atoms with E-state index in [2.05, 4.69) is 15.5 Å². The summed E-state index contributed by atoms with van der Waals surface area (Å²) in [6.07, 6.45) is 0.318. The van der Waals surface area contributed by atoms with Crippen molar-refractivity contribution in [1.82, 2.24) is 24.9 Å². The standard InChI is InChI=1S/C21H21F2N5O4/c1-27-19(16-8-14(23)10-28(16)11-15-6-7-32-26-15)25-17(18(29)21(27)31)20(30)24-9-12-2-4-13(22)5-3-12/h2-7,14,16,29H,8-11H2,1H3,(H,24,30)/t14-,16-/m0/s1. The minimum absolute atomic E-state index is 0.0407. The maximum Gasteiger partial charge on any atom is 0.296 e. The van der Waals surface area contributed by atoms with E-state index in [1.54, 1.807) is 11.0 Å². The second kappa shape index (κ2) is 8.87. The largest absolute Gasteiger partial charge is 0.501 e. The number of rotatable bonds is 6. The van der Waals surface area contributed by atoms with Crippen molar-refractivity contribution in [3.05, 3.63) is 75.5 Å². The molecule has 1 aliphatic rings. The number of amides is 1. The van der Waals surface area contributed by atoms with Gasteiger partial charge in [-0.25, -0.2) is 13.8 Å². The molecule has 1 amide bonds. The van der Waals surface area contributed by atoms with Crippen LogP contribution in [0.5, 0.6) is 5.75 Å². The van der Waals surface area contributed by atoms with Crippen molar-refractivity contribution in [3.63, 3.8) is 0 Å². The van der Waals surface area contributed by atoms with Crippen molar-refractivity contribution in [1.29, 1.82) is 0 Å². The van der Waals surface area contributed by atoms with Crippen molar-refractivity contribution in [2.75, 3.05) is 6.54 Å². The summed E-state index contributed by atoms with van der Waals surface area (Å²) in [4.78, 5) is 31.3. The number of hydrogen-bond donors (Lipinski definition) is 2. The van der Waals surface area contributed by atoms with E-state index in [4.69, 9.17) is 4.52 Å². The second-order valence-corrected chi connectivity index (χ2v) is 7.61. The van der Waals surface area contributed by atoms with Gasteiger partial charge >= 0.3 is 0 Å². The van der Waals surface area contributed by atoms with Gasteiger partial charge in [0.15, 0.2) is 5.69 Å². The van der Waals surface area contributed by atoms with Crippen LogP contribution in [0.1, 0.15) is 40.0 Å². The molecule has 11 heteroatoms. The van der Waals surface area contributed by atoms with Crippen molar-refractivity contribution in [2.45, 2.75) is 31.7 Å². The Morgan fingerprint density at radius 2 is 2.06 bits per heavy atom. The number of benzene rings is 1. The van der Waals surface area contributed by atoms with Crippen LogP contribution in [0.2, 0.25) is 0 Å². The number of likely N-dealkylation sites (tertiary alicyclic amines) is 1. The lowest BCUT2D eigenvalue weighted by Gasteiger charge is -2.24. The molecule has 0 spiro atoms. The number of aromatic hydroxyl groups is 1. The van der Waals surface area contributed by atoms with Crippen LogP contribution in [-0.4, -0.2) is 43.3 Å². The van der Waals surface area contributed by atoms with Gasteiger partial charge < -0.3 is 14.9 Å². The highest BCUT2D eigenvalue weighted by molar-refractivity contribution is 5.94. The van der Waals surface area contributed by atoms with E-state index < -0.39 is 40.9 Å². The molecule has 32 heavy (non-hydrogen) atoms. The monoisotopic (exact) mass is 445 g/mol. The van der Waals surface area contributed by atoms with Crippen LogP contribution < -0.4 is 10.9 Å². The van der Waals surface area contributed by atoms with Crippen molar-refractivity contribution >= 4 is 5.91 Å². The molecule has 168 valence electrons. The van der Waals surface area contributed by atoms with Crippen LogP contribution in [0.15, 0.2) is 45.9 Å². The van der Waals surface area contributed by atoms with Gasteiger partial charge in [0, 0.05) is 39.2 Å². The zero-order valence-electron chi connectivity index (χ0n) is 17.2. The molecule has 0 aliphatic carbocycles. The molecule has 0 bridgehead atoms. The lowest BCUT2D eigenvalue weighted by molar-refractivity contribution is 0.0941. The van der Waals surface area contributed by atoms with Gasteiger partial charge in [0.05, 0.1) is 11.7 Å². The molecule has 9 nitrogen and oxygen atoms in total. The van der Waals surface area contributed by atoms with Gasteiger partial charge in [0.25, 0.3) is 11.5 Å². The van der Waals surface area contributed by atoms with E-state index in [-0.39, 0.29) is 31.9 Å². The first kappa shape index (κ1) is 21.6. The number of halogens is 2. The number of alkyl halides is 1. The fourth-order valence-electron chi connectivity index (χ4n) is 3.75. The third-order valence-corrected chi connectivity index (χ3v) is 5.39. The summed E-state index contributed by atoms with van der Waals surface area (Å²) in [5.41, 5.74) is -0.0529. The van der Waals surface area contributed by atoms with Crippen LogP contribution in [0.3, 0.4) is 0 Å². The molecule has 0 radical (unpaired) electrons. The van der Waals surface area contributed by atoms with Crippen molar-refractivity contribution in [2.24, 2.45) is 7.05 Å². The number of carbonyl (C=O) groups excluding carboxylic acids is 1. The predicted octanol–water partition coefficient (Wildman–Crippen LogP) is 1.83. The van der Waals surface area contributed by atoms with Gasteiger partial charge in [-0.1, -0.05) is 17.3 Å². The first-order chi connectivity index (χ1) is 15.3. The number of carbonyl (C=O) groups is 1. The molecule has 3 aromatic rings. The molecule has 1 fully saturated rings. The van der Waals surface area contributed by atoms with Crippen LogP contribution in [0, 0.1) is 5.82 Å². The van der Waals surface area contributed by atoms with E-state index >= 15 is 0 Å². The molecule has 0 unspecified atom stereocenters. The fraction of sp³-hybridized carbons (Fsp3) is 0.333. The number of hydrogen-bond acceptors (Lipinski definition) is 7. The second-order valence-electron chi connectivity index (χ2n) is 7.61. The summed E-state index contributed by atoms with van der Waals surface area (Å²) >= 11 is 0. The maximum atomic E-state index is 14.3. The highest BCUT2D eigenvalue weighted by atomic mass is 19.1. The molecule has 2 atom stereocenters.